The maximum absolute atomic E-state index is 13.3. The van der Waals surface area contributed by atoms with Crippen molar-refractivity contribution in [1.82, 2.24) is 14.9 Å². The van der Waals surface area contributed by atoms with Gasteiger partial charge in [0.25, 0.3) is 11.3 Å². The first-order chi connectivity index (χ1) is 15.3. The number of nitrogens with zero attached hydrogens (tertiary/aromatic N) is 2. The van der Waals surface area contributed by atoms with E-state index in [9.17, 15) is 36.7 Å². The second-order valence-electron chi connectivity index (χ2n) is 7.16. The summed E-state index contributed by atoms with van der Waals surface area (Å²) in [7, 11) is 1.05. The lowest BCUT2D eigenvalue weighted by molar-refractivity contribution is -0.174. The molecule has 1 atom stereocenters. The number of alkyl halides is 3. The fourth-order valence-corrected chi connectivity index (χ4v) is 2.79. The summed E-state index contributed by atoms with van der Waals surface area (Å²) in [6.07, 6.45) is -5.20. The van der Waals surface area contributed by atoms with Crippen LogP contribution in [-0.4, -0.2) is 46.7 Å². The first-order valence-corrected chi connectivity index (χ1v) is 9.46. The van der Waals surface area contributed by atoms with Gasteiger partial charge in [-0.2, -0.15) is 13.2 Å². The largest absolute Gasteiger partial charge is 0.453 e. The predicted molar refractivity (Wildman–Crippen MR) is 108 cm³/mol. The van der Waals surface area contributed by atoms with Crippen molar-refractivity contribution in [2.24, 2.45) is 5.92 Å². The van der Waals surface area contributed by atoms with Crippen molar-refractivity contribution in [1.29, 1.82) is 0 Å². The fourth-order valence-electron chi connectivity index (χ4n) is 2.79. The van der Waals surface area contributed by atoms with Gasteiger partial charge in [-0.05, 0) is 30.2 Å². The van der Waals surface area contributed by atoms with E-state index in [0.29, 0.717) is 0 Å². The Morgan fingerprint density at radius 1 is 1.15 bits per heavy atom. The van der Waals surface area contributed by atoms with E-state index >= 15 is 0 Å². The number of aromatic nitrogens is 2. The van der Waals surface area contributed by atoms with Crippen molar-refractivity contribution in [3.05, 3.63) is 46.6 Å². The summed E-state index contributed by atoms with van der Waals surface area (Å²) in [4.78, 5) is 52.6. The Morgan fingerprint density at radius 3 is 2.27 bits per heavy atom. The molecule has 0 aliphatic rings. The maximum Gasteiger partial charge on any atom is 0.452 e. The van der Waals surface area contributed by atoms with Crippen LogP contribution >= 0.6 is 0 Å². The molecule has 0 aliphatic heterocycles. The van der Waals surface area contributed by atoms with Gasteiger partial charge in [-0.15, -0.1) is 0 Å². The molecule has 2 aromatic rings. The van der Waals surface area contributed by atoms with Gasteiger partial charge in [-0.3, -0.25) is 24.3 Å². The lowest BCUT2D eigenvalue weighted by Gasteiger charge is -2.23. The molecule has 178 valence electrons. The van der Waals surface area contributed by atoms with E-state index < -0.39 is 53.8 Å². The molecule has 0 aliphatic carbocycles. The normalized spacial score (nSPS) is 12.2. The fraction of sp³-hybridized carbons (Fsp3) is 0.350. The first-order valence-electron chi connectivity index (χ1n) is 9.46. The third-order valence-electron chi connectivity index (χ3n) is 4.42. The zero-order valence-electron chi connectivity index (χ0n) is 17.7. The van der Waals surface area contributed by atoms with Crippen LogP contribution in [0.5, 0.6) is 0 Å². The molecule has 0 saturated heterocycles. The number of benzene rings is 1. The Labute approximate surface area is 184 Å². The van der Waals surface area contributed by atoms with Gasteiger partial charge in [0.2, 0.25) is 5.91 Å². The average Bonchev–Trinajstić information content (AvgIpc) is 2.74. The number of ether oxygens (including phenoxy) is 1. The van der Waals surface area contributed by atoms with Crippen molar-refractivity contribution in [3.63, 3.8) is 0 Å². The number of hydrogen-bond donors (Lipinski definition) is 2. The van der Waals surface area contributed by atoms with Crippen LogP contribution in [0.3, 0.4) is 0 Å². The van der Waals surface area contributed by atoms with Gasteiger partial charge in [0.05, 0.1) is 19.3 Å². The lowest BCUT2D eigenvalue weighted by atomic mass is 9.99. The van der Waals surface area contributed by atoms with Crippen molar-refractivity contribution in [3.8, 4) is 11.4 Å². The highest BCUT2D eigenvalue weighted by Crippen LogP contribution is 2.21. The zero-order chi connectivity index (χ0) is 24.9. The van der Waals surface area contributed by atoms with Gasteiger partial charge in [0.1, 0.15) is 23.9 Å². The van der Waals surface area contributed by atoms with E-state index in [2.05, 4.69) is 15.0 Å². The monoisotopic (exact) mass is 472 g/mol. The summed E-state index contributed by atoms with van der Waals surface area (Å²) in [6.45, 7) is 1.78. The molecule has 33 heavy (non-hydrogen) atoms. The van der Waals surface area contributed by atoms with Crippen molar-refractivity contribution < 1.29 is 36.7 Å². The molecule has 0 spiro atoms. The Kier molecular flexibility index (Phi) is 7.90. The molecule has 2 rings (SSSR count). The minimum atomic E-state index is -5.18. The van der Waals surface area contributed by atoms with Crippen LogP contribution in [-0.2, 0) is 20.9 Å². The predicted octanol–water partition coefficient (Wildman–Crippen LogP) is 2.50. The molecule has 2 N–H and O–H groups in total. The number of halogens is 4. The summed E-state index contributed by atoms with van der Waals surface area (Å²) >= 11 is 0. The quantitative estimate of drug-likeness (QED) is 0.598. The minimum Gasteiger partial charge on any atom is -0.453 e. The lowest BCUT2D eigenvalue weighted by Crippen LogP contribution is -2.51. The standard InChI is InChI=1S/C20H20F4N4O5/c1-10(2)15(16(30)20(22,23)24)27-14(29)9-28-17(11-4-6-12(21)7-5-11)25-8-13(18(28)31)26-19(32)33-3/h4-8,10,15H,9H2,1-3H3,(H,26,32)(H,27,29). The maximum atomic E-state index is 13.3. The zero-order valence-corrected chi connectivity index (χ0v) is 17.7. The van der Waals surface area contributed by atoms with Crippen molar-refractivity contribution in [2.45, 2.75) is 32.6 Å². The number of methoxy groups -OCH3 is 1. The highest BCUT2D eigenvalue weighted by atomic mass is 19.4. The number of ketones is 1. The summed E-state index contributed by atoms with van der Waals surface area (Å²) < 4.78 is 57.1. The molecule has 1 aromatic carbocycles. The van der Waals surface area contributed by atoms with Crippen LogP contribution in [0.15, 0.2) is 35.3 Å². The van der Waals surface area contributed by atoms with Crippen LogP contribution in [0.1, 0.15) is 13.8 Å². The molecule has 0 bridgehead atoms. The molecule has 1 heterocycles. The van der Waals surface area contributed by atoms with E-state index in [1.807, 2.05) is 5.32 Å². The summed E-state index contributed by atoms with van der Waals surface area (Å²) in [5.41, 5.74) is -1.11. The number of carbonyl (C=O) groups is 3. The second-order valence-corrected chi connectivity index (χ2v) is 7.16. The first kappa shape index (κ1) is 25.5. The molecular weight excluding hydrogens is 452 g/mol. The van der Waals surface area contributed by atoms with Crippen LogP contribution in [0.4, 0.5) is 28.0 Å². The summed E-state index contributed by atoms with van der Waals surface area (Å²) in [5, 5.41) is 4.10. The third kappa shape index (κ3) is 6.37. The molecule has 0 saturated carbocycles. The number of nitrogens with one attached hydrogen (secondary N) is 2. The van der Waals surface area contributed by atoms with E-state index in [4.69, 9.17) is 0 Å². The van der Waals surface area contributed by atoms with E-state index in [1.165, 1.54) is 26.0 Å². The molecular formula is C20H20F4N4O5. The Morgan fingerprint density at radius 2 is 1.76 bits per heavy atom. The topological polar surface area (TPSA) is 119 Å². The van der Waals surface area contributed by atoms with Crippen LogP contribution in [0.25, 0.3) is 11.4 Å². The molecule has 0 fully saturated rings. The summed E-state index contributed by atoms with van der Waals surface area (Å²) in [5.74, 6) is -4.85. The highest BCUT2D eigenvalue weighted by molar-refractivity contribution is 5.93. The van der Waals surface area contributed by atoms with Gasteiger partial charge >= 0.3 is 12.3 Å². The number of amides is 2. The molecule has 9 nitrogen and oxygen atoms in total. The van der Waals surface area contributed by atoms with Gasteiger partial charge in [-0.1, -0.05) is 13.8 Å². The van der Waals surface area contributed by atoms with Gasteiger partial charge in [-0.25, -0.2) is 14.2 Å². The van der Waals surface area contributed by atoms with Crippen LogP contribution in [0.2, 0.25) is 0 Å². The Bertz CT molecular complexity index is 1100. The highest BCUT2D eigenvalue weighted by Gasteiger charge is 2.45. The number of anilines is 1. The average molecular weight is 472 g/mol. The van der Waals surface area contributed by atoms with E-state index in [0.717, 1.165) is 30.0 Å². The third-order valence-corrected chi connectivity index (χ3v) is 4.42. The summed E-state index contributed by atoms with van der Waals surface area (Å²) in [6, 6.07) is 2.80. The van der Waals surface area contributed by atoms with Gasteiger partial charge in [0, 0.05) is 5.56 Å². The molecule has 0 radical (unpaired) electrons. The van der Waals surface area contributed by atoms with Crippen molar-refractivity contribution in [2.75, 3.05) is 12.4 Å². The molecule has 1 aromatic heterocycles. The van der Waals surface area contributed by atoms with Gasteiger partial charge in [0.15, 0.2) is 0 Å². The van der Waals surface area contributed by atoms with E-state index in [1.54, 1.807) is 0 Å². The molecule has 13 heteroatoms. The second kappa shape index (κ2) is 10.2. The van der Waals surface area contributed by atoms with Crippen LogP contribution < -0.4 is 16.2 Å². The van der Waals surface area contributed by atoms with Crippen LogP contribution in [0, 0.1) is 11.7 Å². The minimum absolute atomic E-state index is 0.131. The number of Topliss-reactive ketones (excluding diaryl/α,β-unsaturated/α-hetero) is 1. The van der Waals surface area contributed by atoms with Gasteiger partial charge < -0.3 is 10.1 Å². The Balaban J connectivity index is 2.46. The SMILES string of the molecule is COC(=O)Nc1cnc(-c2ccc(F)cc2)n(CC(=O)NC(C(=O)C(F)(F)F)C(C)C)c1=O. The number of rotatable bonds is 7. The smallest absolute Gasteiger partial charge is 0.452 e. The van der Waals surface area contributed by atoms with Crippen molar-refractivity contribution >= 4 is 23.5 Å². The molecule has 2 amide bonds. The number of hydrogen-bond acceptors (Lipinski definition) is 6. The van der Waals surface area contributed by atoms with E-state index in [-0.39, 0.29) is 17.1 Å². The number of carbonyl (C=O) groups excluding carboxylic acids is 3. The molecule has 1 unspecified atom stereocenters. The Hall–Kier alpha value is -3.77.